The summed E-state index contributed by atoms with van der Waals surface area (Å²) in [7, 11) is 0. The highest BCUT2D eigenvalue weighted by atomic mass is 15.2. The van der Waals surface area contributed by atoms with Crippen molar-refractivity contribution in [3.8, 4) is 0 Å². The minimum Gasteiger partial charge on any atom is -0.384 e. The molecule has 0 radical (unpaired) electrons. The quantitative estimate of drug-likeness (QED) is 0.800. The van der Waals surface area contributed by atoms with Crippen LogP contribution in [0.2, 0.25) is 0 Å². The van der Waals surface area contributed by atoms with Gasteiger partial charge in [0.1, 0.15) is 5.82 Å². The Morgan fingerprint density at radius 2 is 1.72 bits per heavy atom. The molecule has 0 amide bonds. The van der Waals surface area contributed by atoms with E-state index in [1.165, 1.54) is 0 Å². The van der Waals surface area contributed by atoms with Gasteiger partial charge in [0.05, 0.1) is 11.9 Å². The first-order valence-electron chi connectivity index (χ1n) is 6.97. The molecule has 1 heterocycles. The average Bonchev–Trinajstić information content (AvgIpc) is 2.28. The van der Waals surface area contributed by atoms with Gasteiger partial charge in [0.25, 0.3) is 0 Å². The summed E-state index contributed by atoms with van der Waals surface area (Å²) >= 11 is 0. The van der Waals surface area contributed by atoms with Gasteiger partial charge in [-0.25, -0.2) is 4.98 Å². The second-order valence-electron chi connectivity index (χ2n) is 5.63. The van der Waals surface area contributed by atoms with Crippen LogP contribution in [0.4, 0.5) is 11.5 Å². The molecule has 0 unspecified atom stereocenters. The van der Waals surface area contributed by atoms with E-state index in [9.17, 15) is 0 Å². The van der Waals surface area contributed by atoms with Gasteiger partial charge < -0.3 is 10.2 Å². The predicted octanol–water partition coefficient (Wildman–Crippen LogP) is 3.63. The van der Waals surface area contributed by atoms with E-state index in [4.69, 9.17) is 0 Å². The Morgan fingerprint density at radius 3 is 2.11 bits per heavy atom. The SMILES string of the molecule is CCNc1ccc(N(CC(C)C)CC(C)C)nc1. The summed E-state index contributed by atoms with van der Waals surface area (Å²) in [6.07, 6.45) is 1.92. The molecular weight excluding hydrogens is 222 g/mol. The first-order valence-corrected chi connectivity index (χ1v) is 6.97. The van der Waals surface area contributed by atoms with Crippen molar-refractivity contribution in [3.05, 3.63) is 18.3 Å². The van der Waals surface area contributed by atoms with E-state index in [0.29, 0.717) is 11.8 Å². The van der Waals surface area contributed by atoms with Crippen molar-refractivity contribution in [2.75, 3.05) is 29.9 Å². The van der Waals surface area contributed by atoms with Crippen LogP contribution in [0.3, 0.4) is 0 Å². The summed E-state index contributed by atoms with van der Waals surface area (Å²) in [6.45, 7) is 14.2. The van der Waals surface area contributed by atoms with Crippen LogP contribution in [0, 0.1) is 11.8 Å². The summed E-state index contributed by atoms with van der Waals surface area (Å²) in [5, 5.41) is 3.27. The van der Waals surface area contributed by atoms with Gasteiger partial charge in [-0.2, -0.15) is 0 Å². The third-order valence-electron chi connectivity index (χ3n) is 2.62. The van der Waals surface area contributed by atoms with E-state index in [1.807, 2.05) is 6.20 Å². The zero-order valence-electron chi connectivity index (χ0n) is 12.4. The van der Waals surface area contributed by atoms with Crippen LogP contribution in [-0.2, 0) is 0 Å². The first-order chi connectivity index (χ1) is 8.52. The minimum absolute atomic E-state index is 0.652. The monoisotopic (exact) mass is 249 g/mol. The molecule has 102 valence electrons. The van der Waals surface area contributed by atoms with E-state index in [2.05, 4.69) is 62.0 Å². The molecule has 0 aliphatic heterocycles. The summed E-state index contributed by atoms with van der Waals surface area (Å²) in [4.78, 5) is 6.95. The van der Waals surface area contributed by atoms with Crippen molar-refractivity contribution in [1.82, 2.24) is 4.98 Å². The van der Waals surface area contributed by atoms with Crippen LogP contribution in [0.5, 0.6) is 0 Å². The molecule has 3 heteroatoms. The molecule has 0 saturated carbocycles. The van der Waals surface area contributed by atoms with Crippen LogP contribution in [0.15, 0.2) is 18.3 Å². The molecule has 0 fully saturated rings. The lowest BCUT2D eigenvalue weighted by atomic mass is 10.1. The zero-order valence-corrected chi connectivity index (χ0v) is 12.4. The van der Waals surface area contributed by atoms with E-state index in [0.717, 1.165) is 31.1 Å². The molecule has 0 aliphatic carbocycles. The molecule has 1 aromatic rings. The lowest BCUT2D eigenvalue weighted by molar-refractivity contribution is 0.549. The van der Waals surface area contributed by atoms with Crippen LogP contribution >= 0.6 is 0 Å². The Hall–Kier alpha value is -1.25. The molecule has 1 aromatic heterocycles. The van der Waals surface area contributed by atoms with Crippen molar-refractivity contribution >= 4 is 11.5 Å². The van der Waals surface area contributed by atoms with E-state index >= 15 is 0 Å². The molecule has 0 aromatic carbocycles. The van der Waals surface area contributed by atoms with Gasteiger partial charge in [-0.3, -0.25) is 0 Å². The highest BCUT2D eigenvalue weighted by molar-refractivity contribution is 5.48. The Kier molecular flexibility index (Phi) is 5.96. The fourth-order valence-electron chi connectivity index (χ4n) is 2.02. The van der Waals surface area contributed by atoms with Crippen molar-refractivity contribution in [3.63, 3.8) is 0 Å². The third kappa shape index (κ3) is 4.94. The number of nitrogens with zero attached hydrogens (tertiary/aromatic N) is 2. The maximum Gasteiger partial charge on any atom is 0.128 e. The number of hydrogen-bond acceptors (Lipinski definition) is 3. The van der Waals surface area contributed by atoms with E-state index in [-0.39, 0.29) is 0 Å². The van der Waals surface area contributed by atoms with Crippen LogP contribution in [0.1, 0.15) is 34.6 Å². The standard InChI is InChI=1S/C15H27N3/c1-6-16-14-7-8-15(17-9-14)18(10-12(2)3)11-13(4)5/h7-9,12-13,16H,6,10-11H2,1-5H3. The van der Waals surface area contributed by atoms with Gasteiger partial charge in [0.15, 0.2) is 0 Å². The van der Waals surface area contributed by atoms with Crippen molar-refractivity contribution in [1.29, 1.82) is 0 Å². The van der Waals surface area contributed by atoms with Crippen LogP contribution < -0.4 is 10.2 Å². The second-order valence-corrected chi connectivity index (χ2v) is 5.63. The zero-order chi connectivity index (χ0) is 13.5. The molecule has 0 bridgehead atoms. The number of rotatable bonds is 7. The van der Waals surface area contributed by atoms with Gasteiger partial charge in [0, 0.05) is 19.6 Å². The summed E-state index contributed by atoms with van der Waals surface area (Å²) in [5.41, 5.74) is 1.09. The Labute approximate surface area is 112 Å². The lowest BCUT2D eigenvalue weighted by Gasteiger charge is -2.27. The largest absolute Gasteiger partial charge is 0.384 e. The summed E-state index contributed by atoms with van der Waals surface area (Å²) in [6, 6.07) is 4.22. The Bertz CT molecular complexity index is 320. The van der Waals surface area contributed by atoms with E-state index in [1.54, 1.807) is 0 Å². The molecule has 1 rings (SSSR count). The fourth-order valence-corrected chi connectivity index (χ4v) is 2.02. The number of anilines is 2. The highest BCUT2D eigenvalue weighted by Crippen LogP contribution is 2.17. The van der Waals surface area contributed by atoms with Gasteiger partial charge in [-0.05, 0) is 30.9 Å². The molecule has 0 saturated heterocycles. The van der Waals surface area contributed by atoms with Gasteiger partial charge in [-0.1, -0.05) is 27.7 Å². The molecular formula is C15H27N3. The second kappa shape index (κ2) is 7.24. The number of nitrogens with one attached hydrogen (secondary N) is 1. The van der Waals surface area contributed by atoms with Gasteiger partial charge >= 0.3 is 0 Å². The van der Waals surface area contributed by atoms with Crippen LogP contribution in [0.25, 0.3) is 0 Å². The molecule has 0 atom stereocenters. The fraction of sp³-hybridized carbons (Fsp3) is 0.667. The molecule has 1 N–H and O–H groups in total. The Balaban J connectivity index is 2.77. The molecule has 18 heavy (non-hydrogen) atoms. The van der Waals surface area contributed by atoms with Crippen LogP contribution in [-0.4, -0.2) is 24.6 Å². The first kappa shape index (κ1) is 14.8. The Morgan fingerprint density at radius 1 is 1.11 bits per heavy atom. The summed E-state index contributed by atoms with van der Waals surface area (Å²) < 4.78 is 0. The maximum absolute atomic E-state index is 4.57. The topological polar surface area (TPSA) is 28.2 Å². The van der Waals surface area contributed by atoms with Gasteiger partial charge in [-0.15, -0.1) is 0 Å². The van der Waals surface area contributed by atoms with E-state index < -0.39 is 0 Å². The third-order valence-corrected chi connectivity index (χ3v) is 2.62. The number of aromatic nitrogens is 1. The maximum atomic E-state index is 4.57. The molecule has 3 nitrogen and oxygen atoms in total. The minimum atomic E-state index is 0.652. The molecule has 0 spiro atoms. The molecule has 0 aliphatic rings. The smallest absolute Gasteiger partial charge is 0.128 e. The normalized spacial score (nSPS) is 11.1. The van der Waals surface area contributed by atoms with Gasteiger partial charge in [0.2, 0.25) is 0 Å². The van der Waals surface area contributed by atoms with Crippen molar-refractivity contribution in [2.24, 2.45) is 11.8 Å². The number of pyridine rings is 1. The van der Waals surface area contributed by atoms with Crippen molar-refractivity contribution < 1.29 is 0 Å². The van der Waals surface area contributed by atoms with Crippen molar-refractivity contribution in [2.45, 2.75) is 34.6 Å². The average molecular weight is 249 g/mol. The highest BCUT2D eigenvalue weighted by Gasteiger charge is 2.11. The lowest BCUT2D eigenvalue weighted by Crippen LogP contribution is -2.31. The predicted molar refractivity (Wildman–Crippen MR) is 80.3 cm³/mol. The number of hydrogen-bond donors (Lipinski definition) is 1. The summed E-state index contributed by atoms with van der Waals surface area (Å²) in [5.74, 6) is 2.39.